The molecule has 0 amide bonds. The Hall–Kier alpha value is -0.570. The summed E-state index contributed by atoms with van der Waals surface area (Å²) >= 11 is 1.60. The van der Waals surface area contributed by atoms with E-state index in [1.165, 1.54) is 11.3 Å². The van der Waals surface area contributed by atoms with E-state index in [9.17, 15) is 0 Å². The quantitative estimate of drug-likeness (QED) is 0.756. The predicted octanol–water partition coefficient (Wildman–Crippen LogP) is 2.31. The highest BCUT2D eigenvalue weighted by molar-refractivity contribution is 7.15. The van der Waals surface area contributed by atoms with E-state index in [0.29, 0.717) is 5.13 Å². The summed E-state index contributed by atoms with van der Waals surface area (Å²) in [6.45, 7) is 4.45. The molecule has 0 saturated carbocycles. The molecule has 0 aliphatic heterocycles. The average molecular weight is 170 g/mol. The van der Waals surface area contributed by atoms with E-state index in [1.54, 1.807) is 11.3 Å². The summed E-state index contributed by atoms with van der Waals surface area (Å²) < 4.78 is 0. The van der Waals surface area contributed by atoms with Gasteiger partial charge in [0.2, 0.25) is 0 Å². The summed E-state index contributed by atoms with van der Waals surface area (Å²) in [5.41, 5.74) is 5.50. The van der Waals surface area contributed by atoms with Gasteiger partial charge < -0.3 is 5.73 Å². The van der Waals surface area contributed by atoms with Gasteiger partial charge >= 0.3 is 0 Å². The third kappa shape index (κ3) is 2.50. The first kappa shape index (κ1) is 8.53. The Bertz CT molecular complexity index is 220. The van der Waals surface area contributed by atoms with Gasteiger partial charge in [-0.05, 0) is 12.3 Å². The molecule has 0 aliphatic rings. The van der Waals surface area contributed by atoms with Crippen LogP contribution in [0.5, 0.6) is 0 Å². The van der Waals surface area contributed by atoms with Crippen LogP contribution >= 0.6 is 11.3 Å². The van der Waals surface area contributed by atoms with Crippen molar-refractivity contribution in [3.05, 3.63) is 11.1 Å². The summed E-state index contributed by atoms with van der Waals surface area (Å²) in [5.74, 6) is 0.745. The second-order valence-corrected chi connectivity index (χ2v) is 4.03. The van der Waals surface area contributed by atoms with Crippen LogP contribution in [-0.4, -0.2) is 4.98 Å². The van der Waals surface area contributed by atoms with Gasteiger partial charge in [0.05, 0.1) is 0 Å². The standard InChI is InChI=1S/C8H14N2S/c1-3-6(2)4-7-5-10-8(9)11-7/h5-6H,3-4H2,1-2H3,(H2,9,10). The lowest BCUT2D eigenvalue weighted by atomic mass is 10.1. The van der Waals surface area contributed by atoms with Gasteiger partial charge in [0, 0.05) is 11.1 Å². The third-order valence-corrected chi connectivity index (χ3v) is 2.67. The fourth-order valence-corrected chi connectivity index (χ4v) is 1.75. The lowest BCUT2D eigenvalue weighted by Gasteiger charge is -2.03. The Morgan fingerprint density at radius 2 is 2.45 bits per heavy atom. The molecule has 0 aromatic carbocycles. The molecule has 2 nitrogen and oxygen atoms in total. The Morgan fingerprint density at radius 1 is 1.73 bits per heavy atom. The molecule has 1 aromatic heterocycles. The first-order chi connectivity index (χ1) is 5.22. The summed E-state index contributed by atoms with van der Waals surface area (Å²) in [6.07, 6.45) is 4.22. The van der Waals surface area contributed by atoms with Crippen LogP contribution in [0.25, 0.3) is 0 Å². The van der Waals surface area contributed by atoms with Crippen LogP contribution in [0.2, 0.25) is 0 Å². The maximum Gasteiger partial charge on any atom is 0.180 e. The van der Waals surface area contributed by atoms with Crippen LogP contribution < -0.4 is 5.73 Å². The van der Waals surface area contributed by atoms with E-state index >= 15 is 0 Å². The van der Waals surface area contributed by atoms with Gasteiger partial charge in [-0.2, -0.15) is 0 Å². The predicted molar refractivity (Wildman–Crippen MR) is 49.7 cm³/mol. The van der Waals surface area contributed by atoms with E-state index in [2.05, 4.69) is 18.8 Å². The fraction of sp³-hybridized carbons (Fsp3) is 0.625. The zero-order valence-corrected chi connectivity index (χ0v) is 7.82. The number of hydrogen-bond acceptors (Lipinski definition) is 3. The zero-order chi connectivity index (χ0) is 8.27. The number of aromatic nitrogens is 1. The molecule has 1 aromatic rings. The number of hydrogen-bond donors (Lipinski definition) is 1. The maximum absolute atomic E-state index is 5.50. The lowest BCUT2D eigenvalue weighted by Crippen LogP contribution is -1.94. The first-order valence-electron chi connectivity index (χ1n) is 3.92. The van der Waals surface area contributed by atoms with Gasteiger partial charge in [-0.25, -0.2) is 4.98 Å². The summed E-state index contributed by atoms with van der Waals surface area (Å²) in [6, 6.07) is 0. The van der Waals surface area contributed by atoms with E-state index in [-0.39, 0.29) is 0 Å². The van der Waals surface area contributed by atoms with Crippen molar-refractivity contribution >= 4 is 16.5 Å². The van der Waals surface area contributed by atoms with Gasteiger partial charge in [0.15, 0.2) is 5.13 Å². The smallest absolute Gasteiger partial charge is 0.180 e. The Labute approximate surface area is 71.5 Å². The number of anilines is 1. The van der Waals surface area contributed by atoms with Crippen molar-refractivity contribution in [1.82, 2.24) is 4.98 Å². The zero-order valence-electron chi connectivity index (χ0n) is 7.00. The minimum Gasteiger partial charge on any atom is -0.375 e. The van der Waals surface area contributed by atoms with Crippen LogP contribution in [0.3, 0.4) is 0 Å². The first-order valence-corrected chi connectivity index (χ1v) is 4.74. The maximum atomic E-state index is 5.50. The molecule has 1 heterocycles. The van der Waals surface area contributed by atoms with Gasteiger partial charge in [0.25, 0.3) is 0 Å². The molecule has 2 N–H and O–H groups in total. The number of nitrogen functional groups attached to an aromatic ring is 1. The largest absolute Gasteiger partial charge is 0.375 e. The topological polar surface area (TPSA) is 38.9 Å². The normalized spacial score (nSPS) is 13.3. The Morgan fingerprint density at radius 3 is 2.91 bits per heavy atom. The molecule has 11 heavy (non-hydrogen) atoms. The average Bonchev–Trinajstić information content (AvgIpc) is 2.35. The Kier molecular flexibility index (Phi) is 2.88. The van der Waals surface area contributed by atoms with Crippen LogP contribution in [0, 0.1) is 5.92 Å². The molecule has 1 rings (SSSR count). The number of nitrogens with two attached hydrogens (primary N) is 1. The van der Waals surface area contributed by atoms with Crippen LogP contribution in [-0.2, 0) is 6.42 Å². The molecular formula is C8H14N2S. The molecule has 0 bridgehead atoms. The molecule has 0 radical (unpaired) electrons. The summed E-state index contributed by atoms with van der Waals surface area (Å²) in [4.78, 5) is 5.30. The molecule has 1 unspecified atom stereocenters. The molecule has 0 spiro atoms. The van der Waals surface area contributed by atoms with Crippen LogP contribution in [0.15, 0.2) is 6.20 Å². The number of thiazole rings is 1. The third-order valence-electron chi connectivity index (χ3n) is 1.82. The summed E-state index contributed by atoms with van der Waals surface area (Å²) in [7, 11) is 0. The molecule has 0 fully saturated rings. The second-order valence-electron chi connectivity index (χ2n) is 2.88. The van der Waals surface area contributed by atoms with Gasteiger partial charge in [-0.15, -0.1) is 11.3 Å². The van der Waals surface area contributed by atoms with Crippen molar-refractivity contribution in [3.63, 3.8) is 0 Å². The van der Waals surface area contributed by atoms with Crippen molar-refractivity contribution in [3.8, 4) is 0 Å². The number of nitrogens with zero attached hydrogens (tertiary/aromatic N) is 1. The molecule has 3 heteroatoms. The van der Waals surface area contributed by atoms with E-state index < -0.39 is 0 Å². The van der Waals surface area contributed by atoms with Crippen LogP contribution in [0.1, 0.15) is 25.1 Å². The highest BCUT2D eigenvalue weighted by Gasteiger charge is 2.03. The van der Waals surface area contributed by atoms with Crippen molar-refractivity contribution in [2.75, 3.05) is 5.73 Å². The van der Waals surface area contributed by atoms with Crippen molar-refractivity contribution in [2.24, 2.45) is 5.92 Å². The second kappa shape index (κ2) is 3.72. The molecule has 0 saturated heterocycles. The molecule has 0 aliphatic carbocycles. The van der Waals surface area contributed by atoms with Crippen molar-refractivity contribution < 1.29 is 0 Å². The monoisotopic (exact) mass is 170 g/mol. The SMILES string of the molecule is CCC(C)Cc1cnc(N)s1. The highest BCUT2D eigenvalue weighted by Crippen LogP contribution is 2.19. The van der Waals surface area contributed by atoms with E-state index in [0.717, 1.165) is 12.3 Å². The van der Waals surface area contributed by atoms with Crippen LogP contribution in [0.4, 0.5) is 5.13 Å². The molecule has 62 valence electrons. The van der Waals surface area contributed by atoms with E-state index in [4.69, 9.17) is 5.73 Å². The lowest BCUT2D eigenvalue weighted by molar-refractivity contribution is 0.564. The van der Waals surface area contributed by atoms with Gasteiger partial charge in [0.1, 0.15) is 0 Å². The van der Waals surface area contributed by atoms with Crippen molar-refractivity contribution in [1.29, 1.82) is 0 Å². The number of rotatable bonds is 3. The fourth-order valence-electron chi connectivity index (χ4n) is 0.905. The summed E-state index contributed by atoms with van der Waals surface area (Å²) in [5, 5.41) is 0.684. The van der Waals surface area contributed by atoms with Gasteiger partial charge in [-0.3, -0.25) is 0 Å². The molecule has 1 atom stereocenters. The highest BCUT2D eigenvalue weighted by atomic mass is 32.1. The van der Waals surface area contributed by atoms with Gasteiger partial charge in [-0.1, -0.05) is 20.3 Å². The van der Waals surface area contributed by atoms with Crippen molar-refractivity contribution in [2.45, 2.75) is 26.7 Å². The van der Waals surface area contributed by atoms with E-state index in [1.807, 2.05) is 6.20 Å². The minimum absolute atomic E-state index is 0.684. The molecular weight excluding hydrogens is 156 g/mol. The minimum atomic E-state index is 0.684. The Balaban J connectivity index is 2.50.